The minimum absolute atomic E-state index is 0.0780. The highest BCUT2D eigenvalue weighted by Crippen LogP contribution is 2.36. The molecule has 0 bridgehead atoms. The molecule has 2 aromatic carbocycles. The van der Waals surface area contributed by atoms with Gasteiger partial charge < -0.3 is 14.4 Å². The second-order valence-corrected chi connectivity index (χ2v) is 13.7. The Balaban J connectivity index is 1.44. The monoisotopic (exact) mass is 631 g/mol. The Morgan fingerprint density at radius 3 is 2.21 bits per heavy atom. The first-order valence-corrected chi connectivity index (χ1v) is 16.4. The van der Waals surface area contributed by atoms with E-state index in [0.29, 0.717) is 42.2 Å². The molecular weight excluding hydrogens is 585 g/mol. The highest BCUT2D eigenvalue weighted by Gasteiger charge is 2.35. The zero-order valence-electron chi connectivity index (χ0n) is 26.3. The van der Waals surface area contributed by atoms with Gasteiger partial charge in [-0.2, -0.15) is 0 Å². The zero-order valence-corrected chi connectivity index (χ0v) is 27.8. The maximum atomic E-state index is 14.0. The van der Waals surface area contributed by atoms with Crippen molar-refractivity contribution in [3.05, 3.63) is 63.6 Å². The number of benzene rings is 2. The molecule has 43 heavy (non-hydrogen) atoms. The maximum absolute atomic E-state index is 14.0. The third kappa shape index (κ3) is 9.26. The molecule has 2 aliphatic rings. The predicted octanol–water partition coefficient (Wildman–Crippen LogP) is 7.43. The summed E-state index contributed by atoms with van der Waals surface area (Å²) in [5.41, 5.74) is 1.41. The lowest BCUT2D eigenvalue weighted by Gasteiger charge is -2.37. The molecule has 2 fully saturated rings. The van der Waals surface area contributed by atoms with Crippen LogP contribution in [-0.4, -0.2) is 84.2 Å². The number of hydrogen-bond donors (Lipinski definition) is 0. The number of carbonyl (C=O) groups excluding carboxylic acids is 2. The lowest BCUT2D eigenvalue weighted by molar-refractivity contribution is -0.137. The Hall–Kier alpha value is -2.48. The number of rotatable bonds is 10. The quantitative estimate of drug-likeness (QED) is 0.273. The molecule has 1 unspecified atom stereocenters. The average Bonchev–Trinajstić information content (AvgIpc) is 3.51. The molecule has 0 aliphatic carbocycles. The molecule has 2 amide bonds. The summed E-state index contributed by atoms with van der Waals surface area (Å²) in [5.74, 6) is 1.02. The highest BCUT2D eigenvalue weighted by atomic mass is 35.5. The minimum atomic E-state index is -0.696. The van der Waals surface area contributed by atoms with Gasteiger partial charge in [-0.15, -0.1) is 0 Å². The third-order valence-corrected chi connectivity index (χ3v) is 9.05. The van der Waals surface area contributed by atoms with E-state index in [1.54, 1.807) is 19.2 Å². The normalized spacial score (nSPS) is 17.9. The van der Waals surface area contributed by atoms with Crippen LogP contribution in [-0.2, 0) is 16.0 Å². The number of likely N-dealkylation sites (tertiary alicyclic amines) is 2. The fourth-order valence-corrected chi connectivity index (χ4v) is 6.35. The summed E-state index contributed by atoms with van der Waals surface area (Å²) in [4.78, 5) is 32.9. The van der Waals surface area contributed by atoms with Gasteiger partial charge in [0.25, 0.3) is 0 Å². The number of halogens is 2. The summed E-state index contributed by atoms with van der Waals surface area (Å²) in [7, 11) is 1.64. The lowest BCUT2D eigenvalue weighted by atomic mass is 9.88. The molecule has 0 radical (unpaired) electrons. The van der Waals surface area contributed by atoms with E-state index in [2.05, 4.69) is 17.9 Å². The van der Waals surface area contributed by atoms with Gasteiger partial charge in [-0.3, -0.25) is 14.6 Å². The summed E-state index contributed by atoms with van der Waals surface area (Å²) in [5, 5.41) is 1.29. The number of nitrogens with zero attached hydrogens (tertiary/aromatic N) is 3. The minimum Gasteiger partial charge on any atom is -0.492 e. The van der Waals surface area contributed by atoms with Crippen molar-refractivity contribution in [2.24, 2.45) is 0 Å². The Morgan fingerprint density at radius 1 is 0.977 bits per heavy atom. The first-order chi connectivity index (χ1) is 20.4. The number of hydrogen-bond acceptors (Lipinski definition) is 5. The molecule has 0 aromatic heterocycles. The molecule has 236 valence electrons. The lowest BCUT2D eigenvalue weighted by Crippen LogP contribution is -2.53. The molecule has 2 aromatic rings. The number of amides is 2. The van der Waals surface area contributed by atoms with E-state index in [4.69, 9.17) is 32.7 Å². The van der Waals surface area contributed by atoms with Crippen molar-refractivity contribution in [3.8, 4) is 5.75 Å². The van der Waals surface area contributed by atoms with E-state index >= 15 is 0 Å². The largest absolute Gasteiger partial charge is 0.492 e. The van der Waals surface area contributed by atoms with Crippen molar-refractivity contribution in [2.45, 2.75) is 89.8 Å². The molecule has 9 heteroatoms. The fourth-order valence-electron chi connectivity index (χ4n) is 6.06. The zero-order chi connectivity index (χ0) is 31.1. The predicted molar refractivity (Wildman–Crippen MR) is 173 cm³/mol. The smallest absolute Gasteiger partial charge is 0.410 e. The Morgan fingerprint density at radius 2 is 1.60 bits per heavy atom. The first-order valence-electron chi connectivity index (χ1n) is 15.6. The molecule has 0 spiro atoms. The Kier molecular flexibility index (Phi) is 11.7. The summed E-state index contributed by atoms with van der Waals surface area (Å²) < 4.78 is 12.1. The Labute approximate surface area is 267 Å². The third-order valence-electron chi connectivity index (χ3n) is 8.56. The van der Waals surface area contributed by atoms with Crippen LogP contribution in [0.4, 0.5) is 4.79 Å². The van der Waals surface area contributed by atoms with Crippen LogP contribution in [0, 0.1) is 0 Å². The van der Waals surface area contributed by atoms with Crippen LogP contribution in [0.1, 0.15) is 76.8 Å². The van der Waals surface area contributed by atoms with Crippen LogP contribution in [0.3, 0.4) is 0 Å². The number of carbonyl (C=O) groups is 2. The van der Waals surface area contributed by atoms with Crippen LogP contribution >= 0.6 is 23.2 Å². The van der Waals surface area contributed by atoms with E-state index in [1.165, 1.54) is 17.7 Å². The van der Waals surface area contributed by atoms with Gasteiger partial charge in [0.1, 0.15) is 24.0 Å². The molecule has 7 nitrogen and oxygen atoms in total. The van der Waals surface area contributed by atoms with Gasteiger partial charge in [0, 0.05) is 42.6 Å². The summed E-state index contributed by atoms with van der Waals surface area (Å²) >= 11 is 12.5. The summed E-state index contributed by atoms with van der Waals surface area (Å²) in [6, 6.07) is 13.0. The van der Waals surface area contributed by atoms with Crippen LogP contribution in [0.2, 0.25) is 10.0 Å². The van der Waals surface area contributed by atoms with Crippen molar-refractivity contribution in [2.75, 3.05) is 39.8 Å². The van der Waals surface area contributed by atoms with Gasteiger partial charge in [0.2, 0.25) is 5.91 Å². The molecule has 4 rings (SSSR count). The molecule has 2 atom stereocenters. The van der Waals surface area contributed by atoms with Gasteiger partial charge in [0.05, 0.1) is 0 Å². The molecule has 2 heterocycles. The van der Waals surface area contributed by atoms with Gasteiger partial charge in [-0.05, 0) is 107 Å². The van der Waals surface area contributed by atoms with E-state index in [1.807, 2.05) is 49.9 Å². The number of ether oxygens (including phenoxy) is 2. The fraction of sp³-hybridized carbons (Fsp3) is 0.588. The van der Waals surface area contributed by atoms with Crippen molar-refractivity contribution in [1.82, 2.24) is 14.7 Å². The van der Waals surface area contributed by atoms with Crippen molar-refractivity contribution in [1.29, 1.82) is 0 Å². The average molecular weight is 633 g/mol. The molecule has 2 saturated heterocycles. The SMILES string of the molecule is CCC(COc1cc(Cl)ccc1C1CCN(C(=O)[C@@H](Cc2ccc(Cl)cc2)N(C)C(=O)OC(C)(C)C)CC1)N1CCCC1. The van der Waals surface area contributed by atoms with E-state index < -0.39 is 17.7 Å². The first kappa shape index (κ1) is 33.4. The van der Waals surface area contributed by atoms with Crippen LogP contribution in [0.15, 0.2) is 42.5 Å². The second kappa shape index (κ2) is 15.0. The standard InChI is InChI=1S/C34H47Cl2N3O4/c1-6-28(38-17-7-8-18-38)23-42-31-22-27(36)13-14-29(31)25-15-19-39(20-16-25)32(40)30(21-24-9-11-26(35)12-10-24)37(5)33(41)43-34(2,3)4/h9-14,22,25,28,30H,6-8,15-21,23H2,1-5H3/t28?,30-/m1/s1. The van der Waals surface area contributed by atoms with Gasteiger partial charge >= 0.3 is 6.09 Å². The van der Waals surface area contributed by atoms with Gasteiger partial charge in [-0.1, -0.05) is 48.3 Å². The molecule has 0 saturated carbocycles. The Bertz CT molecular complexity index is 1220. The molecule has 0 N–H and O–H groups in total. The number of piperidine rings is 1. The van der Waals surface area contributed by atoms with E-state index in [9.17, 15) is 9.59 Å². The van der Waals surface area contributed by atoms with Crippen molar-refractivity contribution < 1.29 is 19.1 Å². The molecular formula is C34H47Cl2N3O4. The maximum Gasteiger partial charge on any atom is 0.410 e. The van der Waals surface area contributed by atoms with Crippen LogP contribution in [0.5, 0.6) is 5.75 Å². The van der Waals surface area contributed by atoms with Crippen LogP contribution < -0.4 is 4.74 Å². The summed E-state index contributed by atoms with van der Waals surface area (Å²) in [6.07, 6.45) is 5.02. The van der Waals surface area contributed by atoms with Gasteiger partial charge in [-0.25, -0.2) is 4.79 Å². The summed E-state index contributed by atoms with van der Waals surface area (Å²) in [6.45, 7) is 11.8. The van der Waals surface area contributed by atoms with Crippen molar-refractivity contribution >= 4 is 35.2 Å². The van der Waals surface area contributed by atoms with E-state index in [0.717, 1.165) is 49.2 Å². The highest BCUT2D eigenvalue weighted by molar-refractivity contribution is 6.31. The van der Waals surface area contributed by atoms with Crippen molar-refractivity contribution in [3.63, 3.8) is 0 Å². The second-order valence-electron chi connectivity index (χ2n) is 12.8. The number of likely N-dealkylation sites (N-methyl/N-ethyl adjacent to an activating group) is 1. The van der Waals surface area contributed by atoms with Crippen LogP contribution in [0.25, 0.3) is 0 Å². The van der Waals surface area contributed by atoms with Gasteiger partial charge in [0.15, 0.2) is 0 Å². The topological polar surface area (TPSA) is 62.3 Å². The van der Waals surface area contributed by atoms with E-state index in [-0.39, 0.29) is 11.8 Å². The molecule has 2 aliphatic heterocycles.